The lowest BCUT2D eigenvalue weighted by atomic mass is 10.2. The minimum absolute atomic E-state index is 0.0423. The van der Waals surface area contributed by atoms with Crippen LogP contribution in [0.15, 0.2) is 48.5 Å². The number of carbonyl (C=O) groups excluding carboxylic acids is 1. The van der Waals surface area contributed by atoms with Crippen molar-refractivity contribution >= 4 is 27.5 Å². The molecule has 0 fully saturated rings. The third-order valence-electron chi connectivity index (χ3n) is 4.09. The zero-order valence-electron chi connectivity index (χ0n) is 15.6. The van der Waals surface area contributed by atoms with E-state index in [1.807, 2.05) is 24.3 Å². The SMILES string of the molecule is COc1ccc(CN(C)C(=O)CN(Cc2ccccc2Cl)S(C)(=O)=O)cc1. The van der Waals surface area contributed by atoms with E-state index in [2.05, 4.69) is 0 Å². The topological polar surface area (TPSA) is 66.9 Å². The summed E-state index contributed by atoms with van der Waals surface area (Å²) in [7, 11) is -0.352. The van der Waals surface area contributed by atoms with Crippen molar-refractivity contribution in [1.29, 1.82) is 0 Å². The van der Waals surface area contributed by atoms with Gasteiger partial charge in [-0.3, -0.25) is 4.79 Å². The number of benzene rings is 2. The van der Waals surface area contributed by atoms with E-state index < -0.39 is 10.0 Å². The van der Waals surface area contributed by atoms with Gasteiger partial charge < -0.3 is 9.64 Å². The van der Waals surface area contributed by atoms with Gasteiger partial charge in [0.1, 0.15) is 5.75 Å². The number of amides is 1. The summed E-state index contributed by atoms with van der Waals surface area (Å²) in [4.78, 5) is 14.1. The maximum absolute atomic E-state index is 12.6. The summed E-state index contributed by atoms with van der Waals surface area (Å²) in [6.07, 6.45) is 1.08. The zero-order chi connectivity index (χ0) is 20.0. The largest absolute Gasteiger partial charge is 0.497 e. The van der Waals surface area contributed by atoms with Crippen LogP contribution in [0, 0.1) is 0 Å². The standard InChI is InChI=1S/C19H23ClN2O4S/c1-21(12-15-8-10-17(26-2)11-9-15)19(23)14-22(27(3,24)25)13-16-6-4-5-7-18(16)20/h4-11H,12-14H2,1-3H3. The molecule has 2 rings (SSSR count). The van der Waals surface area contributed by atoms with Gasteiger partial charge in [-0.15, -0.1) is 0 Å². The van der Waals surface area contributed by atoms with Crippen molar-refractivity contribution in [2.75, 3.05) is 27.0 Å². The van der Waals surface area contributed by atoms with Crippen molar-refractivity contribution < 1.29 is 17.9 Å². The highest BCUT2D eigenvalue weighted by Crippen LogP contribution is 2.19. The first-order chi connectivity index (χ1) is 12.7. The van der Waals surface area contributed by atoms with E-state index in [4.69, 9.17) is 16.3 Å². The van der Waals surface area contributed by atoms with Gasteiger partial charge >= 0.3 is 0 Å². The lowest BCUT2D eigenvalue weighted by molar-refractivity contribution is -0.130. The summed E-state index contributed by atoms with van der Waals surface area (Å²) in [5.41, 5.74) is 1.57. The number of ether oxygens (including phenoxy) is 1. The fourth-order valence-corrected chi connectivity index (χ4v) is 3.39. The van der Waals surface area contributed by atoms with Gasteiger partial charge in [0.25, 0.3) is 0 Å². The molecular formula is C19H23ClN2O4S. The van der Waals surface area contributed by atoms with E-state index in [0.29, 0.717) is 17.1 Å². The van der Waals surface area contributed by atoms with Crippen LogP contribution in [0.3, 0.4) is 0 Å². The molecular weight excluding hydrogens is 388 g/mol. The number of likely N-dealkylation sites (N-methyl/N-ethyl adjacent to an activating group) is 1. The number of nitrogens with zero attached hydrogens (tertiary/aromatic N) is 2. The second kappa shape index (κ2) is 9.21. The highest BCUT2D eigenvalue weighted by Gasteiger charge is 2.23. The number of methoxy groups -OCH3 is 1. The van der Waals surface area contributed by atoms with Crippen LogP contribution in [-0.4, -0.2) is 50.5 Å². The molecule has 2 aromatic carbocycles. The van der Waals surface area contributed by atoms with Crippen LogP contribution in [0.25, 0.3) is 0 Å². The van der Waals surface area contributed by atoms with Crippen molar-refractivity contribution in [2.24, 2.45) is 0 Å². The molecule has 0 aliphatic rings. The maximum Gasteiger partial charge on any atom is 0.237 e. The van der Waals surface area contributed by atoms with E-state index in [-0.39, 0.29) is 19.0 Å². The molecule has 0 N–H and O–H groups in total. The Morgan fingerprint density at radius 3 is 2.26 bits per heavy atom. The Morgan fingerprint density at radius 2 is 1.70 bits per heavy atom. The Morgan fingerprint density at radius 1 is 1.07 bits per heavy atom. The Hall–Kier alpha value is -2.09. The van der Waals surface area contributed by atoms with Gasteiger partial charge in [-0.1, -0.05) is 41.9 Å². The number of carbonyl (C=O) groups is 1. The van der Waals surface area contributed by atoms with Crippen LogP contribution >= 0.6 is 11.6 Å². The van der Waals surface area contributed by atoms with E-state index in [9.17, 15) is 13.2 Å². The third-order valence-corrected chi connectivity index (χ3v) is 5.65. The average Bonchev–Trinajstić information content (AvgIpc) is 2.62. The van der Waals surface area contributed by atoms with Crippen LogP contribution in [0.5, 0.6) is 5.75 Å². The third kappa shape index (κ3) is 6.23. The van der Waals surface area contributed by atoms with Crippen LogP contribution in [-0.2, 0) is 27.9 Å². The smallest absolute Gasteiger partial charge is 0.237 e. The zero-order valence-corrected chi connectivity index (χ0v) is 17.1. The van der Waals surface area contributed by atoms with Crippen LogP contribution in [0.2, 0.25) is 5.02 Å². The quantitative estimate of drug-likeness (QED) is 0.671. The lowest BCUT2D eigenvalue weighted by Crippen LogP contribution is -2.40. The molecule has 0 aliphatic carbocycles. The van der Waals surface area contributed by atoms with E-state index in [1.54, 1.807) is 38.4 Å². The highest BCUT2D eigenvalue weighted by molar-refractivity contribution is 7.88. The second-order valence-corrected chi connectivity index (χ2v) is 8.61. The molecule has 2 aromatic rings. The summed E-state index contributed by atoms with van der Waals surface area (Å²) < 4.78 is 30.5. The molecule has 0 atom stereocenters. The van der Waals surface area contributed by atoms with Crippen LogP contribution < -0.4 is 4.74 Å². The maximum atomic E-state index is 12.6. The lowest BCUT2D eigenvalue weighted by Gasteiger charge is -2.24. The Balaban J connectivity index is 2.07. The molecule has 0 saturated carbocycles. The molecule has 1 amide bonds. The molecule has 0 unspecified atom stereocenters. The van der Waals surface area contributed by atoms with Crippen molar-refractivity contribution in [3.8, 4) is 5.75 Å². The van der Waals surface area contributed by atoms with Crippen LogP contribution in [0.1, 0.15) is 11.1 Å². The normalized spacial score (nSPS) is 11.4. The number of rotatable bonds is 8. The fourth-order valence-electron chi connectivity index (χ4n) is 2.47. The molecule has 6 nitrogen and oxygen atoms in total. The van der Waals surface area contributed by atoms with Gasteiger partial charge in [-0.2, -0.15) is 4.31 Å². The number of hydrogen-bond acceptors (Lipinski definition) is 4. The monoisotopic (exact) mass is 410 g/mol. The van der Waals surface area contributed by atoms with Gasteiger partial charge in [-0.25, -0.2) is 8.42 Å². The van der Waals surface area contributed by atoms with Crippen molar-refractivity contribution in [3.63, 3.8) is 0 Å². The van der Waals surface area contributed by atoms with E-state index >= 15 is 0 Å². The molecule has 0 aliphatic heterocycles. The fraction of sp³-hybridized carbons (Fsp3) is 0.316. The van der Waals surface area contributed by atoms with E-state index in [0.717, 1.165) is 21.9 Å². The van der Waals surface area contributed by atoms with Gasteiger partial charge in [0.05, 0.1) is 19.9 Å². The molecule has 0 saturated heterocycles. The number of hydrogen-bond donors (Lipinski definition) is 0. The summed E-state index contributed by atoms with van der Waals surface area (Å²) >= 11 is 6.12. The Labute approximate surface area is 165 Å². The predicted octanol–water partition coefficient (Wildman–Crippen LogP) is 2.77. The molecule has 0 bridgehead atoms. The summed E-state index contributed by atoms with van der Waals surface area (Å²) in [5.74, 6) is 0.430. The van der Waals surface area contributed by atoms with Gasteiger partial charge in [0, 0.05) is 25.2 Å². The summed E-state index contributed by atoms with van der Waals surface area (Å²) in [6, 6.07) is 14.3. The summed E-state index contributed by atoms with van der Waals surface area (Å²) in [6.45, 7) is 0.157. The molecule has 0 spiro atoms. The van der Waals surface area contributed by atoms with Crippen LogP contribution in [0.4, 0.5) is 0 Å². The highest BCUT2D eigenvalue weighted by atomic mass is 35.5. The molecule has 0 aromatic heterocycles. The average molecular weight is 411 g/mol. The first kappa shape index (κ1) is 21.2. The van der Waals surface area contributed by atoms with E-state index in [1.165, 1.54) is 4.90 Å². The number of halogens is 1. The van der Waals surface area contributed by atoms with Gasteiger partial charge in [-0.05, 0) is 29.3 Å². The molecule has 146 valence electrons. The second-order valence-electron chi connectivity index (χ2n) is 6.22. The predicted molar refractivity (Wildman–Crippen MR) is 106 cm³/mol. The van der Waals surface area contributed by atoms with Crippen molar-refractivity contribution in [3.05, 3.63) is 64.7 Å². The first-order valence-corrected chi connectivity index (χ1v) is 10.5. The van der Waals surface area contributed by atoms with Gasteiger partial charge in [0.15, 0.2) is 0 Å². The molecule has 27 heavy (non-hydrogen) atoms. The summed E-state index contributed by atoms with van der Waals surface area (Å²) in [5, 5.41) is 0.463. The van der Waals surface area contributed by atoms with Crippen molar-refractivity contribution in [2.45, 2.75) is 13.1 Å². The molecule has 8 heteroatoms. The molecule has 0 radical (unpaired) electrons. The first-order valence-electron chi connectivity index (χ1n) is 8.26. The Kier molecular flexibility index (Phi) is 7.24. The Bertz CT molecular complexity index is 885. The van der Waals surface area contributed by atoms with Crippen molar-refractivity contribution in [1.82, 2.24) is 9.21 Å². The molecule has 0 heterocycles. The minimum Gasteiger partial charge on any atom is -0.497 e. The number of sulfonamides is 1. The minimum atomic E-state index is -3.58. The van der Waals surface area contributed by atoms with Gasteiger partial charge in [0.2, 0.25) is 15.9 Å².